The van der Waals surface area contributed by atoms with Crippen LogP contribution < -0.4 is 5.32 Å². The molecule has 6 nitrogen and oxygen atoms in total. The number of aromatic nitrogens is 1. The van der Waals surface area contributed by atoms with Gasteiger partial charge in [-0.05, 0) is 44.0 Å². The van der Waals surface area contributed by atoms with Crippen molar-refractivity contribution in [3.05, 3.63) is 63.4 Å². The van der Waals surface area contributed by atoms with Crippen LogP contribution in [-0.4, -0.2) is 49.0 Å². The number of piperidine rings is 1. The molecule has 1 aromatic carbocycles. The lowest BCUT2D eigenvalue weighted by Crippen LogP contribution is -2.51. The van der Waals surface area contributed by atoms with Gasteiger partial charge in [0, 0.05) is 31.2 Å². The summed E-state index contributed by atoms with van der Waals surface area (Å²) in [6.45, 7) is 6.00. The van der Waals surface area contributed by atoms with Gasteiger partial charge in [-0.3, -0.25) is 9.78 Å². The van der Waals surface area contributed by atoms with E-state index < -0.39 is 43.6 Å². The number of carbonyl (C=O) groups excluding carboxylic acids is 1. The molecule has 0 saturated carbocycles. The molecule has 33 heavy (non-hydrogen) atoms. The number of sulfonamides is 1. The quantitative estimate of drug-likeness (QED) is 0.553. The average molecular weight is 522 g/mol. The van der Waals surface area contributed by atoms with Crippen molar-refractivity contribution < 1.29 is 22.0 Å². The van der Waals surface area contributed by atoms with Crippen LogP contribution in [0.2, 0.25) is 10.0 Å². The number of hydrogen-bond donors (Lipinski definition) is 1. The first kappa shape index (κ1) is 27.4. The fraction of sp³-hybridized carbons (Fsp3) is 0.455. The molecule has 1 fully saturated rings. The van der Waals surface area contributed by atoms with Crippen molar-refractivity contribution in [2.24, 2.45) is 0 Å². The van der Waals surface area contributed by atoms with Crippen molar-refractivity contribution in [3.8, 4) is 0 Å². The van der Waals surface area contributed by atoms with Crippen LogP contribution in [-0.2, 0) is 15.4 Å². The zero-order chi connectivity index (χ0) is 24.8. The number of nitrogens with zero attached hydrogens (tertiary/aromatic N) is 2. The topological polar surface area (TPSA) is 79.4 Å². The lowest BCUT2D eigenvalue weighted by Gasteiger charge is -2.41. The molecule has 0 unspecified atom stereocenters. The van der Waals surface area contributed by atoms with Gasteiger partial charge in [0.2, 0.25) is 10.0 Å². The van der Waals surface area contributed by atoms with Crippen molar-refractivity contribution >= 4 is 39.1 Å². The number of carbonyl (C=O) groups is 1. The second-order valence-corrected chi connectivity index (χ2v) is 10.4. The van der Waals surface area contributed by atoms with E-state index >= 15 is 0 Å². The van der Waals surface area contributed by atoms with Crippen molar-refractivity contribution in [1.82, 2.24) is 14.6 Å². The standard InChI is InChI=1S/C20H21Cl2F2N3O3S.C2H6/c1-2-31(29,30)27-10-7-20(8-11-27,18-13(21)4-3-9-25-18)12-26-19(28)16-14(23)5-6-15(24)17(16)22;1-2/h3-6,9H,2,7-8,10-12H2,1H3,(H,26,28);1-2H3. The van der Waals surface area contributed by atoms with Gasteiger partial charge in [-0.2, -0.15) is 0 Å². The summed E-state index contributed by atoms with van der Waals surface area (Å²) in [7, 11) is -3.37. The highest BCUT2D eigenvalue weighted by Crippen LogP contribution is 2.38. The lowest BCUT2D eigenvalue weighted by molar-refractivity contribution is 0.0927. The summed E-state index contributed by atoms with van der Waals surface area (Å²) >= 11 is 12.2. The van der Waals surface area contributed by atoms with Crippen LogP contribution in [0.5, 0.6) is 0 Å². The minimum atomic E-state index is -3.37. The molecule has 2 heterocycles. The van der Waals surface area contributed by atoms with Gasteiger partial charge in [0.1, 0.15) is 11.6 Å². The Bertz CT molecular complexity index is 1090. The maximum Gasteiger partial charge on any atom is 0.255 e. The van der Waals surface area contributed by atoms with Crippen molar-refractivity contribution in [2.45, 2.75) is 39.0 Å². The summed E-state index contributed by atoms with van der Waals surface area (Å²) in [5, 5.41) is 2.38. The van der Waals surface area contributed by atoms with Gasteiger partial charge in [-0.15, -0.1) is 0 Å². The summed E-state index contributed by atoms with van der Waals surface area (Å²) in [6.07, 6.45) is 2.23. The van der Waals surface area contributed by atoms with E-state index in [9.17, 15) is 22.0 Å². The number of hydrogen-bond acceptors (Lipinski definition) is 4. The first-order valence-electron chi connectivity index (χ1n) is 10.6. The summed E-state index contributed by atoms with van der Waals surface area (Å²) in [5.41, 5.74) is -0.865. The Morgan fingerprint density at radius 1 is 1.15 bits per heavy atom. The number of halogens is 4. The van der Waals surface area contributed by atoms with E-state index in [2.05, 4.69) is 10.3 Å². The fourth-order valence-electron chi connectivity index (χ4n) is 3.72. The Morgan fingerprint density at radius 3 is 2.33 bits per heavy atom. The molecule has 1 amide bonds. The molecular weight excluding hydrogens is 495 g/mol. The SMILES string of the molecule is CC.CCS(=O)(=O)N1CCC(CNC(=O)c2c(F)ccc(F)c2Cl)(c2ncccc2Cl)CC1. The molecule has 3 rings (SSSR count). The van der Waals surface area contributed by atoms with Gasteiger partial charge in [0.05, 0.1) is 27.1 Å². The zero-order valence-corrected chi connectivity index (χ0v) is 21.0. The van der Waals surface area contributed by atoms with Crippen LogP contribution in [0.25, 0.3) is 0 Å². The van der Waals surface area contributed by atoms with Crippen molar-refractivity contribution in [1.29, 1.82) is 0 Å². The maximum absolute atomic E-state index is 14.1. The molecule has 0 aliphatic carbocycles. The van der Waals surface area contributed by atoms with Crippen LogP contribution in [0.4, 0.5) is 8.78 Å². The minimum Gasteiger partial charge on any atom is -0.351 e. The summed E-state index contributed by atoms with van der Waals surface area (Å²) < 4.78 is 53.8. The van der Waals surface area contributed by atoms with Crippen LogP contribution in [0, 0.1) is 11.6 Å². The molecule has 0 radical (unpaired) electrons. The highest BCUT2D eigenvalue weighted by atomic mass is 35.5. The van der Waals surface area contributed by atoms with E-state index in [1.807, 2.05) is 13.8 Å². The molecule has 1 aliphatic heterocycles. The van der Waals surface area contributed by atoms with Gasteiger partial charge in [0.15, 0.2) is 0 Å². The third kappa shape index (κ3) is 6.01. The van der Waals surface area contributed by atoms with Crippen LogP contribution >= 0.6 is 23.2 Å². The smallest absolute Gasteiger partial charge is 0.255 e. The molecule has 1 aromatic heterocycles. The first-order chi connectivity index (χ1) is 15.6. The summed E-state index contributed by atoms with van der Waals surface area (Å²) in [5.74, 6) is -2.75. The van der Waals surface area contributed by atoms with Gasteiger partial charge >= 0.3 is 0 Å². The summed E-state index contributed by atoms with van der Waals surface area (Å²) in [4.78, 5) is 17.0. The normalized spacial score (nSPS) is 16.0. The number of pyridine rings is 1. The molecule has 0 atom stereocenters. The average Bonchev–Trinajstić information content (AvgIpc) is 2.82. The van der Waals surface area contributed by atoms with E-state index in [1.54, 1.807) is 25.3 Å². The van der Waals surface area contributed by atoms with E-state index in [-0.39, 0.29) is 25.4 Å². The first-order valence-corrected chi connectivity index (χ1v) is 13.0. The van der Waals surface area contributed by atoms with Gasteiger partial charge in [-0.25, -0.2) is 21.5 Å². The molecule has 2 aromatic rings. The number of amides is 1. The highest BCUT2D eigenvalue weighted by Gasteiger charge is 2.41. The lowest BCUT2D eigenvalue weighted by atomic mass is 9.75. The third-order valence-electron chi connectivity index (χ3n) is 5.56. The Balaban J connectivity index is 0.00000187. The molecule has 1 aliphatic rings. The molecule has 1 N–H and O–H groups in total. The predicted octanol–water partition coefficient (Wildman–Crippen LogP) is 4.81. The Hall–Kier alpha value is -1.81. The van der Waals surface area contributed by atoms with E-state index in [4.69, 9.17) is 23.2 Å². The number of rotatable bonds is 6. The molecule has 182 valence electrons. The van der Waals surface area contributed by atoms with E-state index in [1.165, 1.54) is 4.31 Å². The fourth-order valence-corrected chi connectivity index (χ4v) is 5.39. The molecule has 0 bridgehead atoms. The predicted molar refractivity (Wildman–Crippen MR) is 126 cm³/mol. The minimum absolute atomic E-state index is 0.00510. The zero-order valence-electron chi connectivity index (χ0n) is 18.7. The van der Waals surface area contributed by atoms with Gasteiger partial charge in [0.25, 0.3) is 5.91 Å². The molecule has 1 saturated heterocycles. The molecule has 11 heteroatoms. The molecular formula is C22H27Cl2F2N3O3S. The van der Waals surface area contributed by atoms with Crippen LogP contribution in [0.15, 0.2) is 30.5 Å². The van der Waals surface area contributed by atoms with Crippen LogP contribution in [0.1, 0.15) is 49.7 Å². The summed E-state index contributed by atoms with van der Waals surface area (Å²) in [6, 6.07) is 4.99. The Labute approximate surface area is 203 Å². The van der Waals surface area contributed by atoms with Crippen molar-refractivity contribution in [3.63, 3.8) is 0 Å². The number of nitrogens with one attached hydrogen (secondary N) is 1. The van der Waals surface area contributed by atoms with E-state index in [0.717, 1.165) is 12.1 Å². The molecule has 0 spiro atoms. The van der Waals surface area contributed by atoms with Crippen molar-refractivity contribution in [2.75, 3.05) is 25.4 Å². The second kappa shape index (κ2) is 11.6. The highest BCUT2D eigenvalue weighted by molar-refractivity contribution is 7.89. The van der Waals surface area contributed by atoms with Gasteiger partial charge in [-0.1, -0.05) is 37.0 Å². The van der Waals surface area contributed by atoms with Crippen LogP contribution in [0.3, 0.4) is 0 Å². The largest absolute Gasteiger partial charge is 0.351 e. The van der Waals surface area contributed by atoms with Gasteiger partial charge < -0.3 is 5.32 Å². The Kier molecular flexibility index (Phi) is 9.60. The third-order valence-corrected chi connectivity index (χ3v) is 8.11. The second-order valence-electron chi connectivity index (χ2n) is 7.31. The van der Waals surface area contributed by atoms with E-state index in [0.29, 0.717) is 23.6 Å². The monoisotopic (exact) mass is 521 g/mol. The number of benzene rings is 1. The maximum atomic E-state index is 14.1. The Morgan fingerprint density at radius 2 is 1.76 bits per heavy atom.